The van der Waals surface area contributed by atoms with Crippen molar-refractivity contribution in [3.05, 3.63) is 94.5 Å². The van der Waals surface area contributed by atoms with Crippen molar-refractivity contribution in [2.75, 3.05) is 7.11 Å². The van der Waals surface area contributed by atoms with Crippen molar-refractivity contribution in [3.8, 4) is 46.0 Å². The average molecular weight is 559 g/mol. The van der Waals surface area contributed by atoms with Crippen molar-refractivity contribution >= 4 is 5.78 Å². The summed E-state index contributed by atoms with van der Waals surface area (Å²) in [7, 11) is 1.53. The highest BCUT2D eigenvalue weighted by Gasteiger charge is 2.46. The van der Waals surface area contributed by atoms with Crippen LogP contribution in [0.1, 0.15) is 63.3 Å². The summed E-state index contributed by atoms with van der Waals surface area (Å²) in [4.78, 5) is 13.4. The van der Waals surface area contributed by atoms with Crippen LogP contribution in [-0.2, 0) is 0 Å². The van der Waals surface area contributed by atoms with Crippen LogP contribution in [0.2, 0.25) is 0 Å². The molecule has 2 heterocycles. The molecule has 0 bridgehead atoms. The number of benzene rings is 4. The molecule has 0 aliphatic carbocycles. The minimum absolute atomic E-state index is 0.00423. The van der Waals surface area contributed by atoms with Crippen LogP contribution in [0.5, 0.6) is 46.0 Å². The predicted molar refractivity (Wildman–Crippen MR) is 144 cm³/mol. The number of ether oxygens (including phenoxy) is 3. The van der Waals surface area contributed by atoms with Crippen molar-refractivity contribution in [3.63, 3.8) is 0 Å². The van der Waals surface area contributed by atoms with Crippen LogP contribution in [0.4, 0.5) is 0 Å². The minimum atomic E-state index is -1.53. The highest BCUT2D eigenvalue weighted by molar-refractivity contribution is 6.03. The Morgan fingerprint density at radius 2 is 1.41 bits per heavy atom. The molecular formula is C31H26O10. The van der Waals surface area contributed by atoms with Gasteiger partial charge in [-0.15, -0.1) is 0 Å². The quantitative estimate of drug-likeness (QED) is 0.203. The van der Waals surface area contributed by atoms with E-state index in [1.807, 2.05) is 0 Å². The summed E-state index contributed by atoms with van der Waals surface area (Å²) in [5.41, 5.74) is 0.897. The molecule has 0 spiro atoms. The SMILES string of the molecule is COc1ccc([C@@H]2CC(=O)c3c(O)cc(O)c([C@@H]4C(O)c5c(O)cc(O)cc5O[C@H]4c4ccc(O)cc4)c3O2)cc1. The standard InChI is InChI=1S/C31H26O10/c1-39-18-8-4-14(5-9-18)23-13-22(37)25-20(35)12-21(36)27(31(25)40-23)28-29(38)26-19(34)10-17(33)11-24(26)41-30(28)15-2-6-16(32)7-3-15/h2-12,23,28-30,32-36,38H,13H2,1H3/t23-,28+,29?,30-/m0/s1. The van der Waals surface area contributed by atoms with E-state index in [-0.39, 0.29) is 46.1 Å². The van der Waals surface area contributed by atoms with E-state index in [0.29, 0.717) is 16.9 Å². The number of methoxy groups -OCH3 is 1. The van der Waals surface area contributed by atoms with Gasteiger partial charge in [0.2, 0.25) is 0 Å². The Kier molecular flexibility index (Phi) is 6.27. The average Bonchev–Trinajstić information content (AvgIpc) is 2.93. The lowest BCUT2D eigenvalue weighted by Gasteiger charge is -2.40. The van der Waals surface area contributed by atoms with Gasteiger partial charge in [0.15, 0.2) is 5.78 Å². The molecule has 1 unspecified atom stereocenters. The van der Waals surface area contributed by atoms with Crippen molar-refractivity contribution in [1.82, 2.24) is 0 Å². The Morgan fingerprint density at radius 3 is 2.10 bits per heavy atom. The maximum atomic E-state index is 13.4. The zero-order chi connectivity index (χ0) is 29.0. The molecule has 0 aromatic heterocycles. The number of hydrogen-bond acceptors (Lipinski definition) is 10. The highest BCUT2D eigenvalue weighted by Crippen LogP contribution is 2.59. The van der Waals surface area contributed by atoms with Gasteiger partial charge in [-0.05, 0) is 35.4 Å². The maximum absolute atomic E-state index is 13.4. The fourth-order valence-electron chi connectivity index (χ4n) is 5.62. The lowest BCUT2D eigenvalue weighted by molar-refractivity contribution is 0.0317. The summed E-state index contributed by atoms with van der Waals surface area (Å²) in [6, 6.07) is 16.2. The van der Waals surface area contributed by atoms with Crippen molar-refractivity contribution < 1.29 is 49.6 Å². The third-order valence-corrected chi connectivity index (χ3v) is 7.55. The van der Waals surface area contributed by atoms with Gasteiger partial charge in [0, 0.05) is 23.8 Å². The summed E-state index contributed by atoms with van der Waals surface area (Å²) in [6.45, 7) is 0. The molecule has 6 N–H and O–H groups in total. The molecule has 4 atom stereocenters. The van der Waals surface area contributed by atoms with Gasteiger partial charge in [-0.2, -0.15) is 0 Å². The minimum Gasteiger partial charge on any atom is -0.508 e. The predicted octanol–water partition coefficient (Wildman–Crippen LogP) is 4.88. The van der Waals surface area contributed by atoms with E-state index in [1.54, 1.807) is 36.4 Å². The molecule has 0 saturated heterocycles. The van der Waals surface area contributed by atoms with Crippen molar-refractivity contribution in [2.24, 2.45) is 0 Å². The van der Waals surface area contributed by atoms with Gasteiger partial charge in [-0.3, -0.25) is 4.79 Å². The topological polar surface area (TPSA) is 166 Å². The first kappa shape index (κ1) is 26.1. The van der Waals surface area contributed by atoms with Crippen molar-refractivity contribution in [1.29, 1.82) is 0 Å². The maximum Gasteiger partial charge on any atom is 0.174 e. The van der Waals surface area contributed by atoms with E-state index in [9.17, 15) is 35.4 Å². The summed E-state index contributed by atoms with van der Waals surface area (Å²) in [5, 5.41) is 64.3. The van der Waals surface area contributed by atoms with Gasteiger partial charge in [0.1, 0.15) is 63.8 Å². The Morgan fingerprint density at radius 1 is 0.756 bits per heavy atom. The van der Waals surface area contributed by atoms with E-state index < -0.39 is 47.3 Å². The van der Waals surface area contributed by atoms with Crippen LogP contribution in [0.15, 0.2) is 66.7 Å². The Balaban J connectivity index is 1.55. The zero-order valence-electron chi connectivity index (χ0n) is 21.7. The first-order valence-electron chi connectivity index (χ1n) is 12.8. The number of rotatable bonds is 4. The fraction of sp³-hybridized carbons (Fsp3) is 0.194. The number of aliphatic hydroxyl groups excluding tert-OH is 1. The first-order chi connectivity index (χ1) is 19.7. The molecule has 0 fully saturated rings. The molecule has 210 valence electrons. The number of hydrogen-bond donors (Lipinski definition) is 6. The second-order valence-corrected chi connectivity index (χ2v) is 10.0. The molecule has 10 heteroatoms. The molecule has 6 rings (SSSR count). The van der Waals surface area contributed by atoms with Crippen LogP contribution >= 0.6 is 0 Å². The van der Waals surface area contributed by atoms with Crippen LogP contribution < -0.4 is 14.2 Å². The largest absolute Gasteiger partial charge is 0.508 e. The number of carbonyl (C=O) groups excluding carboxylic acids is 1. The van der Waals surface area contributed by atoms with Crippen LogP contribution in [0, 0.1) is 0 Å². The van der Waals surface area contributed by atoms with Gasteiger partial charge in [0.05, 0.1) is 31.1 Å². The van der Waals surface area contributed by atoms with Gasteiger partial charge in [0.25, 0.3) is 0 Å². The number of aromatic hydroxyl groups is 5. The molecule has 0 radical (unpaired) electrons. The van der Waals surface area contributed by atoms with Gasteiger partial charge in [-0.25, -0.2) is 0 Å². The third kappa shape index (κ3) is 4.38. The smallest absolute Gasteiger partial charge is 0.174 e. The van der Waals surface area contributed by atoms with E-state index in [4.69, 9.17) is 14.2 Å². The molecule has 2 aliphatic rings. The number of aliphatic hydroxyl groups is 1. The highest BCUT2D eigenvalue weighted by atomic mass is 16.5. The number of ketones is 1. The molecule has 2 aliphatic heterocycles. The molecule has 10 nitrogen and oxygen atoms in total. The number of fused-ring (bicyclic) bond motifs is 2. The van der Waals surface area contributed by atoms with Crippen molar-refractivity contribution in [2.45, 2.75) is 30.7 Å². The Bertz CT molecular complexity index is 1650. The van der Waals surface area contributed by atoms with Crippen LogP contribution in [0.25, 0.3) is 0 Å². The fourth-order valence-corrected chi connectivity index (χ4v) is 5.62. The third-order valence-electron chi connectivity index (χ3n) is 7.55. The van der Waals surface area contributed by atoms with E-state index >= 15 is 0 Å². The Labute approximate surface area is 233 Å². The molecule has 4 aromatic carbocycles. The summed E-state index contributed by atoms with van der Waals surface area (Å²) >= 11 is 0. The van der Waals surface area contributed by atoms with Crippen LogP contribution in [-0.4, -0.2) is 43.5 Å². The van der Waals surface area contributed by atoms with Gasteiger partial charge < -0.3 is 44.8 Å². The van der Waals surface area contributed by atoms with E-state index in [1.165, 1.54) is 25.3 Å². The molecule has 4 aromatic rings. The van der Waals surface area contributed by atoms with E-state index in [0.717, 1.165) is 12.1 Å². The van der Waals surface area contributed by atoms with Gasteiger partial charge in [-0.1, -0.05) is 24.3 Å². The normalized spacial score (nSPS) is 21.3. The lowest BCUT2D eigenvalue weighted by Crippen LogP contribution is -2.30. The molecule has 0 amide bonds. The summed E-state index contributed by atoms with van der Waals surface area (Å²) in [5.74, 6) is -2.84. The molecule has 0 saturated carbocycles. The Hall–Kier alpha value is -5.09. The number of phenols is 5. The summed E-state index contributed by atoms with van der Waals surface area (Å²) < 4.78 is 17.7. The van der Waals surface area contributed by atoms with Crippen LogP contribution in [0.3, 0.4) is 0 Å². The second-order valence-electron chi connectivity index (χ2n) is 10.0. The zero-order valence-corrected chi connectivity index (χ0v) is 21.7. The number of carbonyl (C=O) groups is 1. The van der Waals surface area contributed by atoms with Gasteiger partial charge >= 0.3 is 0 Å². The first-order valence-corrected chi connectivity index (χ1v) is 12.8. The molecule has 41 heavy (non-hydrogen) atoms. The lowest BCUT2D eigenvalue weighted by atomic mass is 9.77. The number of Topliss-reactive ketones (excluding diaryl/α,β-unsaturated/α-hetero) is 1. The molecular weight excluding hydrogens is 532 g/mol. The second kappa shape index (κ2) is 9.83. The monoisotopic (exact) mass is 558 g/mol. The van der Waals surface area contributed by atoms with E-state index in [2.05, 4.69) is 0 Å². The summed E-state index contributed by atoms with van der Waals surface area (Å²) in [6.07, 6.45) is -3.46. The number of phenolic OH excluding ortho intramolecular Hbond substituents is 5.